The van der Waals surface area contributed by atoms with Crippen molar-refractivity contribution in [1.29, 1.82) is 0 Å². The van der Waals surface area contributed by atoms with Crippen LogP contribution in [0.4, 0.5) is 0 Å². The summed E-state index contributed by atoms with van der Waals surface area (Å²) in [7, 11) is 0. The maximum atomic E-state index is 5.85. The van der Waals surface area contributed by atoms with E-state index in [1.807, 2.05) is 12.1 Å². The molecule has 1 aromatic carbocycles. The van der Waals surface area contributed by atoms with Gasteiger partial charge in [0.1, 0.15) is 11.5 Å². The van der Waals surface area contributed by atoms with Gasteiger partial charge in [-0.3, -0.25) is 0 Å². The number of hydrogen-bond donors (Lipinski definition) is 0. The van der Waals surface area contributed by atoms with Crippen LogP contribution in [0.2, 0.25) is 0 Å². The monoisotopic (exact) mass is 342 g/mol. The fraction of sp³-hybridized carbons (Fsp3) is 0.647. The van der Waals surface area contributed by atoms with E-state index in [1.54, 1.807) is 0 Å². The molecule has 0 bridgehead atoms. The lowest BCUT2D eigenvalue weighted by molar-refractivity contribution is 0.280. The Hall–Kier alpha value is -0.700. The second-order valence-corrected chi connectivity index (χ2v) is 6.53. The normalized spacial score (nSPS) is 11.2. The molecule has 0 amide bonds. The molecule has 0 radical (unpaired) electrons. The number of alkyl halides is 1. The van der Waals surface area contributed by atoms with Crippen LogP contribution >= 0.6 is 15.9 Å². The lowest BCUT2D eigenvalue weighted by Crippen LogP contribution is -2.04. The molecule has 3 heteroatoms. The van der Waals surface area contributed by atoms with E-state index in [2.05, 4.69) is 49.7 Å². The van der Waals surface area contributed by atoms with E-state index in [0.29, 0.717) is 11.8 Å². The molecule has 0 aromatic heterocycles. The van der Waals surface area contributed by atoms with Gasteiger partial charge < -0.3 is 9.47 Å². The minimum atomic E-state index is 0.668. The summed E-state index contributed by atoms with van der Waals surface area (Å²) in [6, 6.07) is 6.08. The summed E-state index contributed by atoms with van der Waals surface area (Å²) in [6.45, 7) is 10.4. The second-order valence-electron chi connectivity index (χ2n) is 5.97. The molecular formula is C17H27BrO2. The van der Waals surface area contributed by atoms with Crippen LogP contribution in [0.5, 0.6) is 11.5 Å². The van der Waals surface area contributed by atoms with Gasteiger partial charge in [-0.05, 0) is 42.9 Å². The summed E-state index contributed by atoms with van der Waals surface area (Å²) in [6.07, 6.45) is 2.16. The number of benzene rings is 1. The Morgan fingerprint density at radius 3 is 2.10 bits per heavy atom. The quantitative estimate of drug-likeness (QED) is 0.557. The molecule has 0 atom stereocenters. The van der Waals surface area contributed by atoms with E-state index in [4.69, 9.17) is 9.47 Å². The van der Waals surface area contributed by atoms with E-state index < -0.39 is 0 Å². The van der Waals surface area contributed by atoms with Crippen LogP contribution in [0.25, 0.3) is 0 Å². The van der Waals surface area contributed by atoms with Gasteiger partial charge in [-0.1, -0.05) is 43.6 Å². The summed E-state index contributed by atoms with van der Waals surface area (Å²) in [5.41, 5.74) is 1.15. The van der Waals surface area contributed by atoms with Crippen LogP contribution in [-0.4, -0.2) is 13.2 Å². The van der Waals surface area contributed by atoms with Crippen LogP contribution in [0.15, 0.2) is 18.2 Å². The molecule has 0 saturated carbocycles. The SMILES string of the molecule is CC(C)CCOc1ccc(OCCC(C)C)c(CBr)c1. The Balaban J connectivity index is 2.56. The Kier molecular flexibility index (Phi) is 8.05. The fourth-order valence-corrected chi connectivity index (χ4v) is 2.15. The maximum absolute atomic E-state index is 5.85. The van der Waals surface area contributed by atoms with Gasteiger partial charge >= 0.3 is 0 Å². The predicted octanol–water partition coefficient (Wildman–Crippen LogP) is 5.43. The van der Waals surface area contributed by atoms with Crippen LogP contribution in [0.1, 0.15) is 46.1 Å². The van der Waals surface area contributed by atoms with Gasteiger partial charge in [-0.15, -0.1) is 0 Å². The molecule has 0 spiro atoms. The van der Waals surface area contributed by atoms with E-state index in [1.165, 1.54) is 0 Å². The van der Waals surface area contributed by atoms with Crippen LogP contribution in [0, 0.1) is 11.8 Å². The number of rotatable bonds is 9. The smallest absolute Gasteiger partial charge is 0.123 e. The fourth-order valence-electron chi connectivity index (χ4n) is 1.71. The second kappa shape index (κ2) is 9.28. The lowest BCUT2D eigenvalue weighted by atomic mass is 10.1. The van der Waals surface area contributed by atoms with Crippen LogP contribution in [0.3, 0.4) is 0 Å². The summed E-state index contributed by atoms with van der Waals surface area (Å²) in [5.74, 6) is 3.22. The van der Waals surface area contributed by atoms with Crippen molar-refractivity contribution in [1.82, 2.24) is 0 Å². The molecule has 0 saturated heterocycles. The number of ether oxygens (including phenoxy) is 2. The number of halogens is 1. The van der Waals surface area contributed by atoms with Crippen molar-refractivity contribution in [3.8, 4) is 11.5 Å². The molecule has 0 unspecified atom stereocenters. The third kappa shape index (κ3) is 6.65. The predicted molar refractivity (Wildman–Crippen MR) is 89.0 cm³/mol. The van der Waals surface area contributed by atoms with Crippen molar-refractivity contribution < 1.29 is 9.47 Å². The third-order valence-corrected chi connectivity index (χ3v) is 3.70. The van der Waals surface area contributed by atoms with E-state index in [-0.39, 0.29) is 0 Å². The van der Waals surface area contributed by atoms with Crippen LogP contribution < -0.4 is 9.47 Å². The molecule has 20 heavy (non-hydrogen) atoms. The summed E-state index contributed by atoms with van der Waals surface area (Å²) in [5, 5.41) is 0.783. The molecule has 0 aliphatic carbocycles. The van der Waals surface area contributed by atoms with Crippen molar-refractivity contribution in [3.05, 3.63) is 23.8 Å². The molecule has 1 aromatic rings. The zero-order valence-corrected chi connectivity index (χ0v) is 14.7. The van der Waals surface area contributed by atoms with E-state index >= 15 is 0 Å². The van der Waals surface area contributed by atoms with Gasteiger partial charge in [0.2, 0.25) is 0 Å². The number of hydrogen-bond acceptors (Lipinski definition) is 2. The van der Waals surface area contributed by atoms with Crippen molar-refractivity contribution in [2.24, 2.45) is 11.8 Å². The van der Waals surface area contributed by atoms with Crippen molar-refractivity contribution in [3.63, 3.8) is 0 Å². The Labute approximate surface area is 132 Å². The first-order valence-corrected chi connectivity index (χ1v) is 8.59. The molecule has 0 aliphatic rings. The summed E-state index contributed by atoms with van der Waals surface area (Å²) < 4.78 is 11.6. The van der Waals surface area contributed by atoms with Crippen LogP contribution in [-0.2, 0) is 5.33 Å². The molecule has 2 nitrogen and oxygen atoms in total. The first kappa shape index (κ1) is 17.4. The van der Waals surface area contributed by atoms with Gasteiger partial charge in [0.15, 0.2) is 0 Å². The molecule has 114 valence electrons. The highest BCUT2D eigenvalue weighted by molar-refractivity contribution is 9.08. The minimum absolute atomic E-state index is 0.668. The van der Waals surface area contributed by atoms with Crippen molar-refractivity contribution in [2.45, 2.75) is 45.9 Å². The molecule has 0 aliphatic heterocycles. The zero-order valence-electron chi connectivity index (χ0n) is 13.1. The van der Waals surface area contributed by atoms with Gasteiger partial charge in [0.25, 0.3) is 0 Å². The zero-order chi connectivity index (χ0) is 15.0. The van der Waals surface area contributed by atoms with Gasteiger partial charge in [-0.25, -0.2) is 0 Å². The molecule has 0 N–H and O–H groups in total. The Morgan fingerprint density at radius 2 is 1.55 bits per heavy atom. The highest BCUT2D eigenvalue weighted by atomic mass is 79.9. The molecule has 1 rings (SSSR count). The van der Waals surface area contributed by atoms with Gasteiger partial charge in [0, 0.05) is 10.9 Å². The highest BCUT2D eigenvalue weighted by Crippen LogP contribution is 2.27. The summed E-state index contributed by atoms with van der Waals surface area (Å²) in [4.78, 5) is 0. The first-order valence-electron chi connectivity index (χ1n) is 7.47. The largest absolute Gasteiger partial charge is 0.494 e. The van der Waals surface area contributed by atoms with Crippen molar-refractivity contribution >= 4 is 15.9 Å². The van der Waals surface area contributed by atoms with Crippen molar-refractivity contribution in [2.75, 3.05) is 13.2 Å². The topological polar surface area (TPSA) is 18.5 Å². The molecule has 0 heterocycles. The van der Waals surface area contributed by atoms with Gasteiger partial charge in [-0.2, -0.15) is 0 Å². The molecule has 0 fully saturated rings. The Bertz CT molecular complexity index is 389. The highest BCUT2D eigenvalue weighted by Gasteiger charge is 2.06. The average molecular weight is 343 g/mol. The molecular weight excluding hydrogens is 316 g/mol. The van der Waals surface area contributed by atoms with E-state index in [0.717, 1.165) is 48.4 Å². The third-order valence-electron chi connectivity index (χ3n) is 3.09. The standard InChI is InChI=1S/C17H27BrO2/c1-13(2)7-9-19-16-5-6-17(15(11-16)12-18)20-10-8-14(3)4/h5-6,11,13-14H,7-10,12H2,1-4H3. The minimum Gasteiger partial charge on any atom is -0.494 e. The van der Waals surface area contributed by atoms with E-state index in [9.17, 15) is 0 Å². The Morgan fingerprint density at radius 1 is 0.950 bits per heavy atom. The van der Waals surface area contributed by atoms with Gasteiger partial charge in [0.05, 0.1) is 13.2 Å². The lowest BCUT2D eigenvalue weighted by Gasteiger charge is -2.14. The average Bonchev–Trinajstić information content (AvgIpc) is 2.39. The first-order chi connectivity index (χ1) is 9.52. The summed E-state index contributed by atoms with van der Waals surface area (Å²) >= 11 is 3.52. The maximum Gasteiger partial charge on any atom is 0.123 e.